The van der Waals surface area contributed by atoms with Crippen molar-refractivity contribution in [2.45, 2.75) is 12.8 Å². The minimum absolute atomic E-state index is 0.198. The summed E-state index contributed by atoms with van der Waals surface area (Å²) >= 11 is 0. The van der Waals surface area contributed by atoms with Gasteiger partial charge in [0.1, 0.15) is 12.4 Å². The standard InChI is InChI=1S/C16H22N4O2/c21-12-11-19-7-9-20(10-8-19)16(22)6-5-15-17-13-3-1-2-4-14(13)18-15/h1-4,21H,5-12H2,(H,17,18)/p+1. The van der Waals surface area contributed by atoms with Crippen LogP contribution in [0.15, 0.2) is 24.3 Å². The molecule has 0 aliphatic carbocycles. The average Bonchev–Trinajstić information content (AvgIpc) is 2.96. The number of quaternary nitrogens is 1. The van der Waals surface area contributed by atoms with Crippen LogP contribution in [0.5, 0.6) is 0 Å². The molecule has 118 valence electrons. The number of carbonyl (C=O) groups is 1. The Morgan fingerprint density at radius 2 is 2.09 bits per heavy atom. The van der Waals surface area contributed by atoms with Gasteiger partial charge in [0.15, 0.2) is 0 Å². The summed E-state index contributed by atoms with van der Waals surface area (Å²) < 4.78 is 0. The molecule has 6 nitrogen and oxygen atoms in total. The molecule has 1 amide bonds. The molecule has 0 unspecified atom stereocenters. The first-order chi connectivity index (χ1) is 10.8. The molecular formula is C16H23N4O2+. The van der Waals surface area contributed by atoms with E-state index in [0.717, 1.165) is 49.6 Å². The van der Waals surface area contributed by atoms with Gasteiger partial charge in [-0.1, -0.05) is 12.1 Å². The van der Waals surface area contributed by atoms with Crippen LogP contribution in [-0.2, 0) is 11.2 Å². The van der Waals surface area contributed by atoms with Gasteiger partial charge in [0.05, 0.1) is 43.8 Å². The Balaban J connectivity index is 1.50. The van der Waals surface area contributed by atoms with Crippen molar-refractivity contribution in [1.82, 2.24) is 14.9 Å². The second kappa shape index (κ2) is 6.89. The van der Waals surface area contributed by atoms with E-state index in [2.05, 4.69) is 9.97 Å². The predicted molar refractivity (Wildman–Crippen MR) is 83.6 cm³/mol. The molecular weight excluding hydrogens is 280 g/mol. The third-order valence-electron chi connectivity index (χ3n) is 4.30. The Kier molecular flexibility index (Phi) is 4.70. The molecule has 0 bridgehead atoms. The minimum Gasteiger partial charge on any atom is -0.391 e. The highest BCUT2D eigenvalue weighted by Crippen LogP contribution is 2.11. The van der Waals surface area contributed by atoms with Gasteiger partial charge in [-0.05, 0) is 12.1 Å². The second-order valence-corrected chi connectivity index (χ2v) is 5.81. The molecule has 6 heteroatoms. The number of aromatic amines is 1. The molecule has 0 saturated carbocycles. The van der Waals surface area contributed by atoms with Crippen molar-refractivity contribution < 1.29 is 14.8 Å². The molecule has 3 rings (SSSR count). The highest BCUT2D eigenvalue weighted by molar-refractivity contribution is 5.77. The van der Waals surface area contributed by atoms with Gasteiger partial charge in [-0.15, -0.1) is 0 Å². The van der Waals surface area contributed by atoms with E-state index in [9.17, 15) is 4.79 Å². The maximum Gasteiger partial charge on any atom is 0.223 e. The Morgan fingerprint density at radius 1 is 1.32 bits per heavy atom. The first-order valence-corrected chi connectivity index (χ1v) is 7.92. The number of hydrogen-bond donors (Lipinski definition) is 3. The number of aliphatic hydroxyl groups is 1. The molecule has 1 fully saturated rings. The van der Waals surface area contributed by atoms with Gasteiger partial charge in [-0.3, -0.25) is 4.79 Å². The number of aliphatic hydroxyl groups excluding tert-OH is 1. The lowest BCUT2D eigenvalue weighted by Crippen LogP contribution is -3.15. The number of H-pyrrole nitrogens is 1. The van der Waals surface area contributed by atoms with Crippen molar-refractivity contribution >= 4 is 16.9 Å². The molecule has 1 aromatic carbocycles. The van der Waals surface area contributed by atoms with Gasteiger partial charge in [0.2, 0.25) is 5.91 Å². The number of hydrogen-bond acceptors (Lipinski definition) is 3. The quantitative estimate of drug-likeness (QED) is 0.678. The van der Waals surface area contributed by atoms with Crippen LogP contribution in [0.4, 0.5) is 0 Å². The molecule has 0 atom stereocenters. The largest absolute Gasteiger partial charge is 0.391 e. The van der Waals surface area contributed by atoms with Crippen molar-refractivity contribution in [2.75, 3.05) is 39.3 Å². The summed E-state index contributed by atoms with van der Waals surface area (Å²) in [6.45, 7) is 4.42. The van der Waals surface area contributed by atoms with Crippen molar-refractivity contribution in [3.05, 3.63) is 30.1 Å². The van der Waals surface area contributed by atoms with Crippen LogP contribution >= 0.6 is 0 Å². The van der Waals surface area contributed by atoms with E-state index in [1.54, 1.807) is 0 Å². The molecule has 1 aliphatic heterocycles. The molecule has 22 heavy (non-hydrogen) atoms. The zero-order valence-electron chi connectivity index (χ0n) is 12.7. The molecule has 2 aromatic rings. The van der Waals surface area contributed by atoms with Crippen LogP contribution in [-0.4, -0.2) is 65.2 Å². The van der Waals surface area contributed by atoms with E-state index in [1.807, 2.05) is 29.2 Å². The number of imidazole rings is 1. The van der Waals surface area contributed by atoms with Gasteiger partial charge in [0.25, 0.3) is 0 Å². The third kappa shape index (κ3) is 3.45. The summed E-state index contributed by atoms with van der Waals surface area (Å²) in [6.07, 6.45) is 1.15. The SMILES string of the molecule is O=C(CCc1nc2ccccc2[nH]1)N1CC[NH+](CCO)CC1. The topological polar surface area (TPSA) is 73.7 Å². The second-order valence-electron chi connectivity index (χ2n) is 5.81. The fourth-order valence-electron chi connectivity index (χ4n) is 2.99. The number of piperazine rings is 1. The van der Waals surface area contributed by atoms with Gasteiger partial charge in [-0.25, -0.2) is 4.98 Å². The predicted octanol–water partition coefficient (Wildman–Crippen LogP) is -0.785. The number of rotatable bonds is 5. The third-order valence-corrected chi connectivity index (χ3v) is 4.30. The lowest BCUT2D eigenvalue weighted by atomic mass is 10.2. The fraction of sp³-hybridized carbons (Fsp3) is 0.500. The van der Waals surface area contributed by atoms with E-state index in [1.165, 1.54) is 4.90 Å². The van der Waals surface area contributed by atoms with E-state index in [0.29, 0.717) is 12.8 Å². The highest BCUT2D eigenvalue weighted by Gasteiger charge is 2.23. The summed E-state index contributed by atoms with van der Waals surface area (Å²) in [5, 5.41) is 8.95. The maximum atomic E-state index is 12.3. The average molecular weight is 303 g/mol. The number of fused-ring (bicyclic) bond motifs is 1. The minimum atomic E-state index is 0.198. The highest BCUT2D eigenvalue weighted by atomic mass is 16.3. The lowest BCUT2D eigenvalue weighted by molar-refractivity contribution is -0.904. The number of aromatic nitrogens is 2. The number of carbonyl (C=O) groups excluding carboxylic acids is 1. The molecule has 1 aliphatic rings. The lowest BCUT2D eigenvalue weighted by Gasteiger charge is -2.31. The van der Waals surface area contributed by atoms with Crippen molar-refractivity contribution in [3.8, 4) is 0 Å². The van der Waals surface area contributed by atoms with Gasteiger partial charge in [-0.2, -0.15) is 0 Å². The molecule has 0 radical (unpaired) electrons. The van der Waals surface area contributed by atoms with Gasteiger partial charge in [0, 0.05) is 12.8 Å². The van der Waals surface area contributed by atoms with Gasteiger partial charge >= 0.3 is 0 Å². The molecule has 1 aromatic heterocycles. The first kappa shape index (κ1) is 15.0. The van der Waals surface area contributed by atoms with Crippen LogP contribution in [0.3, 0.4) is 0 Å². The first-order valence-electron chi connectivity index (χ1n) is 7.92. The Bertz CT molecular complexity index is 599. The van der Waals surface area contributed by atoms with E-state index < -0.39 is 0 Å². The monoisotopic (exact) mass is 303 g/mol. The molecule has 3 N–H and O–H groups in total. The van der Waals surface area contributed by atoms with Crippen LogP contribution in [0.1, 0.15) is 12.2 Å². The smallest absolute Gasteiger partial charge is 0.223 e. The molecule has 2 heterocycles. The summed E-state index contributed by atoms with van der Waals surface area (Å²) in [7, 11) is 0. The van der Waals surface area contributed by atoms with Gasteiger partial charge < -0.3 is 19.9 Å². The number of nitrogens with one attached hydrogen (secondary N) is 2. The van der Waals surface area contributed by atoms with Crippen LogP contribution in [0, 0.1) is 0 Å². The number of aryl methyl sites for hydroxylation is 1. The van der Waals surface area contributed by atoms with Crippen LogP contribution < -0.4 is 4.90 Å². The Hall–Kier alpha value is -1.92. The van der Waals surface area contributed by atoms with Crippen LogP contribution in [0.25, 0.3) is 11.0 Å². The number of benzene rings is 1. The number of para-hydroxylation sites is 2. The molecule has 1 saturated heterocycles. The Morgan fingerprint density at radius 3 is 2.82 bits per heavy atom. The summed E-state index contributed by atoms with van der Waals surface area (Å²) in [6, 6.07) is 7.91. The van der Waals surface area contributed by atoms with E-state index >= 15 is 0 Å². The Labute approximate surface area is 129 Å². The van der Waals surface area contributed by atoms with E-state index in [4.69, 9.17) is 5.11 Å². The summed E-state index contributed by atoms with van der Waals surface area (Å²) in [5.74, 6) is 1.07. The van der Waals surface area contributed by atoms with E-state index in [-0.39, 0.29) is 12.5 Å². The number of amides is 1. The zero-order chi connectivity index (χ0) is 15.4. The summed E-state index contributed by atoms with van der Waals surface area (Å²) in [4.78, 5) is 23.4. The van der Waals surface area contributed by atoms with Crippen molar-refractivity contribution in [3.63, 3.8) is 0 Å². The normalized spacial score (nSPS) is 16.3. The zero-order valence-corrected chi connectivity index (χ0v) is 12.7. The fourth-order valence-corrected chi connectivity index (χ4v) is 2.99. The van der Waals surface area contributed by atoms with Crippen molar-refractivity contribution in [1.29, 1.82) is 0 Å². The van der Waals surface area contributed by atoms with Crippen molar-refractivity contribution in [2.24, 2.45) is 0 Å². The van der Waals surface area contributed by atoms with Crippen LogP contribution in [0.2, 0.25) is 0 Å². The molecule has 0 spiro atoms. The maximum absolute atomic E-state index is 12.3. The number of nitrogens with zero attached hydrogens (tertiary/aromatic N) is 2. The summed E-state index contributed by atoms with van der Waals surface area (Å²) in [5.41, 5.74) is 1.97.